The van der Waals surface area contributed by atoms with Crippen LogP contribution in [0.25, 0.3) is 17.4 Å². The Morgan fingerprint density at radius 2 is 2.26 bits per heavy atom. The van der Waals surface area contributed by atoms with Gasteiger partial charge >= 0.3 is 0 Å². The normalized spacial score (nSPS) is 14.8. The summed E-state index contributed by atoms with van der Waals surface area (Å²) in [5, 5.41) is 4.40. The number of rotatable bonds is 1. The second-order valence-electron chi connectivity index (χ2n) is 4.52. The van der Waals surface area contributed by atoms with E-state index < -0.39 is 0 Å². The zero-order valence-electron chi connectivity index (χ0n) is 10.0. The first kappa shape index (κ1) is 10.4. The minimum Gasteiger partial charge on any atom is -0.461 e. The minimum absolute atomic E-state index is 0.130. The first-order valence-electron chi connectivity index (χ1n) is 6.14. The molecule has 0 saturated carbocycles. The highest BCUT2D eigenvalue weighted by Gasteiger charge is 2.22. The van der Waals surface area contributed by atoms with E-state index in [0.29, 0.717) is 29.3 Å². The Labute approximate surface area is 108 Å². The summed E-state index contributed by atoms with van der Waals surface area (Å²) >= 11 is 0. The molecule has 6 heteroatoms. The van der Waals surface area contributed by atoms with Gasteiger partial charge in [-0.05, 0) is 25.0 Å². The molecule has 0 spiro atoms. The Kier molecular flexibility index (Phi) is 2.05. The molecule has 0 N–H and O–H groups in total. The third-order valence-corrected chi connectivity index (χ3v) is 3.33. The lowest BCUT2D eigenvalue weighted by atomic mass is 9.96. The monoisotopic (exact) mass is 254 g/mol. The van der Waals surface area contributed by atoms with E-state index in [2.05, 4.69) is 15.1 Å². The summed E-state index contributed by atoms with van der Waals surface area (Å²) in [6, 6.07) is 3.58. The third kappa shape index (κ3) is 1.49. The van der Waals surface area contributed by atoms with Crippen molar-refractivity contribution < 1.29 is 9.21 Å². The smallest absolute Gasteiger partial charge is 0.253 e. The van der Waals surface area contributed by atoms with Crippen molar-refractivity contribution in [1.29, 1.82) is 0 Å². The summed E-state index contributed by atoms with van der Waals surface area (Å²) in [4.78, 5) is 20.4. The Balaban J connectivity index is 1.97. The van der Waals surface area contributed by atoms with Crippen LogP contribution in [0.15, 0.2) is 29.0 Å². The van der Waals surface area contributed by atoms with E-state index in [9.17, 15) is 4.79 Å². The Hall–Kier alpha value is -2.50. The maximum atomic E-state index is 11.8. The number of hydrogen-bond donors (Lipinski definition) is 0. The van der Waals surface area contributed by atoms with Gasteiger partial charge in [0.05, 0.1) is 17.5 Å². The molecule has 0 unspecified atom stereocenters. The molecule has 3 aromatic rings. The highest BCUT2D eigenvalue weighted by atomic mass is 16.3. The maximum Gasteiger partial charge on any atom is 0.253 e. The van der Waals surface area contributed by atoms with Crippen LogP contribution in [0.4, 0.5) is 0 Å². The zero-order chi connectivity index (χ0) is 12.8. The lowest BCUT2D eigenvalue weighted by Gasteiger charge is -2.13. The predicted molar refractivity (Wildman–Crippen MR) is 65.8 cm³/mol. The van der Waals surface area contributed by atoms with Gasteiger partial charge in [0.25, 0.3) is 5.78 Å². The van der Waals surface area contributed by atoms with Crippen LogP contribution in [0.5, 0.6) is 0 Å². The molecule has 1 aliphatic carbocycles. The Morgan fingerprint density at radius 1 is 1.32 bits per heavy atom. The van der Waals surface area contributed by atoms with Crippen LogP contribution in [0.2, 0.25) is 0 Å². The van der Waals surface area contributed by atoms with Gasteiger partial charge in [-0.15, -0.1) is 5.10 Å². The van der Waals surface area contributed by atoms with Crippen molar-refractivity contribution in [2.24, 2.45) is 0 Å². The molecule has 0 bridgehead atoms. The summed E-state index contributed by atoms with van der Waals surface area (Å²) in [7, 11) is 0. The molecule has 0 aliphatic heterocycles. The number of nitrogens with zero attached hydrogens (tertiary/aromatic N) is 4. The van der Waals surface area contributed by atoms with Crippen molar-refractivity contribution in [3.8, 4) is 11.6 Å². The van der Waals surface area contributed by atoms with Crippen molar-refractivity contribution in [2.45, 2.75) is 19.3 Å². The van der Waals surface area contributed by atoms with Crippen molar-refractivity contribution in [2.75, 3.05) is 0 Å². The summed E-state index contributed by atoms with van der Waals surface area (Å²) in [6.45, 7) is 0. The van der Waals surface area contributed by atoms with Gasteiger partial charge in [-0.2, -0.15) is 9.50 Å². The Morgan fingerprint density at radius 3 is 3.11 bits per heavy atom. The average Bonchev–Trinajstić information content (AvgIpc) is 3.08. The second kappa shape index (κ2) is 3.74. The largest absolute Gasteiger partial charge is 0.461 e. The van der Waals surface area contributed by atoms with Gasteiger partial charge in [0.2, 0.25) is 5.82 Å². The highest BCUT2D eigenvalue weighted by Crippen LogP contribution is 2.22. The number of hydrogen-bond acceptors (Lipinski definition) is 5. The van der Waals surface area contributed by atoms with Gasteiger partial charge in [-0.25, -0.2) is 4.98 Å². The van der Waals surface area contributed by atoms with E-state index in [1.807, 2.05) is 0 Å². The van der Waals surface area contributed by atoms with Crippen LogP contribution >= 0.6 is 0 Å². The minimum atomic E-state index is 0.130. The van der Waals surface area contributed by atoms with Gasteiger partial charge in [0.1, 0.15) is 0 Å². The molecule has 0 atom stereocenters. The SMILES string of the molecule is O=C1CCCc2c1cnc1nc(-c3ccco3)nn21. The van der Waals surface area contributed by atoms with E-state index in [-0.39, 0.29) is 5.78 Å². The van der Waals surface area contributed by atoms with Gasteiger partial charge in [-0.1, -0.05) is 0 Å². The standard InChI is InChI=1S/C13H10N4O2/c18-10-4-1-3-9-8(10)7-14-13-15-12(16-17(9)13)11-5-2-6-19-11/h2,5-7H,1,3-4H2. The van der Waals surface area contributed by atoms with Crippen molar-refractivity contribution in [1.82, 2.24) is 19.6 Å². The lowest BCUT2D eigenvalue weighted by molar-refractivity contribution is 0.0970. The first-order valence-corrected chi connectivity index (χ1v) is 6.14. The fraction of sp³-hybridized carbons (Fsp3) is 0.231. The predicted octanol–water partition coefficient (Wildman–Crippen LogP) is 1.90. The van der Waals surface area contributed by atoms with E-state index >= 15 is 0 Å². The molecule has 0 aromatic carbocycles. The quantitative estimate of drug-likeness (QED) is 0.663. The molecular weight excluding hydrogens is 244 g/mol. The summed E-state index contributed by atoms with van der Waals surface area (Å²) in [6.07, 6.45) is 5.43. The van der Waals surface area contributed by atoms with E-state index in [4.69, 9.17) is 4.42 Å². The zero-order valence-corrected chi connectivity index (χ0v) is 10.0. The molecular formula is C13H10N4O2. The lowest BCUT2D eigenvalue weighted by Crippen LogP contribution is -2.16. The number of Topliss-reactive ketones (excluding diaryl/α,β-unsaturated/α-hetero) is 1. The van der Waals surface area contributed by atoms with Gasteiger partial charge < -0.3 is 4.42 Å². The van der Waals surface area contributed by atoms with Gasteiger partial charge in [0.15, 0.2) is 11.5 Å². The topological polar surface area (TPSA) is 73.3 Å². The van der Waals surface area contributed by atoms with Gasteiger partial charge in [0, 0.05) is 12.6 Å². The summed E-state index contributed by atoms with van der Waals surface area (Å²) < 4.78 is 6.94. The number of carbonyl (C=O) groups excluding carboxylic acids is 1. The molecule has 0 radical (unpaired) electrons. The third-order valence-electron chi connectivity index (χ3n) is 3.33. The molecule has 0 saturated heterocycles. The number of carbonyl (C=O) groups is 1. The number of ketones is 1. The molecule has 0 amide bonds. The molecule has 6 nitrogen and oxygen atoms in total. The average molecular weight is 254 g/mol. The molecule has 3 aromatic heterocycles. The van der Waals surface area contributed by atoms with Crippen molar-refractivity contribution >= 4 is 11.6 Å². The van der Waals surface area contributed by atoms with E-state index in [0.717, 1.165) is 18.5 Å². The van der Waals surface area contributed by atoms with Crippen molar-refractivity contribution in [3.05, 3.63) is 35.9 Å². The fourth-order valence-electron chi connectivity index (χ4n) is 2.41. The summed E-state index contributed by atoms with van der Waals surface area (Å²) in [5.41, 5.74) is 1.56. The second-order valence-corrected chi connectivity index (χ2v) is 4.52. The van der Waals surface area contributed by atoms with Gasteiger partial charge in [-0.3, -0.25) is 4.79 Å². The van der Waals surface area contributed by atoms with Crippen molar-refractivity contribution in [3.63, 3.8) is 0 Å². The van der Waals surface area contributed by atoms with Crippen LogP contribution in [0.3, 0.4) is 0 Å². The number of fused-ring (bicyclic) bond motifs is 3. The molecule has 0 fully saturated rings. The van der Waals surface area contributed by atoms with Crippen LogP contribution in [0, 0.1) is 0 Å². The number of aryl methyl sites for hydroxylation is 1. The molecule has 4 rings (SSSR count). The highest BCUT2D eigenvalue weighted by molar-refractivity contribution is 5.97. The fourth-order valence-corrected chi connectivity index (χ4v) is 2.41. The number of aromatic nitrogens is 4. The number of furan rings is 1. The molecule has 3 heterocycles. The molecule has 1 aliphatic rings. The molecule has 19 heavy (non-hydrogen) atoms. The van der Waals surface area contributed by atoms with Crippen LogP contribution in [-0.4, -0.2) is 25.4 Å². The maximum absolute atomic E-state index is 11.8. The van der Waals surface area contributed by atoms with Crippen LogP contribution in [-0.2, 0) is 6.42 Å². The summed E-state index contributed by atoms with van der Waals surface area (Å²) in [5.74, 6) is 1.72. The van der Waals surface area contributed by atoms with E-state index in [1.54, 1.807) is 29.1 Å². The Bertz CT molecular complexity index is 773. The van der Waals surface area contributed by atoms with Crippen LogP contribution in [0.1, 0.15) is 28.9 Å². The van der Waals surface area contributed by atoms with Crippen LogP contribution < -0.4 is 0 Å². The molecule has 94 valence electrons. The first-order chi connectivity index (χ1) is 9.33. The van der Waals surface area contributed by atoms with E-state index in [1.165, 1.54) is 0 Å².